The van der Waals surface area contributed by atoms with Gasteiger partial charge in [0.2, 0.25) is 0 Å². The Morgan fingerprint density at radius 3 is 2.80 bits per heavy atom. The van der Waals surface area contributed by atoms with Crippen LogP contribution in [0, 0.1) is 0 Å². The minimum Gasteiger partial charge on any atom is -0.330 e. The summed E-state index contributed by atoms with van der Waals surface area (Å²) >= 11 is 0. The van der Waals surface area contributed by atoms with E-state index >= 15 is 0 Å². The predicted molar refractivity (Wildman–Crippen MR) is 61.9 cm³/mol. The molecule has 0 radical (unpaired) electrons. The fourth-order valence-electron chi connectivity index (χ4n) is 2.33. The third-order valence-corrected chi connectivity index (χ3v) is 3.28. The van der Waals surface area contributed by atoms with E-state index in [1.54, 1.807) is 0 Å². The van der Waals surface area contributed by atoms with Crippen LogP contribution in [0.2, 0.25) is 0 Å². The number of hydrogen-bond acceptors (Lipinski definition) is 2. The first kappa shape index (κ1) is 10.7. The molecule has 0 fully saturated rings. The molecule has 0 aromatic carbocycles. The van der Waals surface area contributed by atoms with Gasteiger partial charge in [-0.15, -0.1) is 0 Å². The lowest BCUT2D eigenvalue weighted by Gasteiger charge is -2.28. The van der Waals surface area contributed by atoms with Crippen LogP contribution in [0.25, 0.3) is 0 Å². The highest BCUT2D eigenvalue weighted by Crippen LogP contribution is 2.28. The highest BCUT2D eigenvalue weighted by molar-refractivity contribution is 5.12. The normalized spacial score (nSPS) is 22.9. The van der Waals surface area contributed by atoms with Gasteiger partial charge in [-0.25, -0.2) is 4.98 Å². The maximum atomic E-state index is 6.02. The molecule has 3 heteroatoms. The van der Waals surface area contributed by atoms with Crippen molar-refractivity contribution in [2.45, 2.75) is 58.0 Å². The molecule has 1 aliphatic heterocycles. The van der Waals surface area contributed by atoms with Crippen molar-refractivity contribution >= 4 is 0 Å². The maximum Gasteiger partial charge on any atom is 0.109 e. The van der Waals surface area contributed by atoms with Crippen LogP contribution in [-0.2, 0) is 6.42 Å². The summed E-state index contributed by atoms with van der Waals surface area (Å²) in [6.07, 6.45) is 5.72. The minimum atomic E-state index is 0.221. The SMILES string of the molecule is CC(C)c1cn2c(n1)CCCC2C(C)N. The first-order valence-corrected chi connectivity index (χ1v) is 5.93. The van der Waals surface area contributed by atoms with Crippen LogP contribution in [0.1, 0.15) is 57.1 Å². The Labute approximate surface area is 91.7 Å². The average molecular weight is 207 g/mol. The molecule has 0 spiro atoms. The molecule has 2 unspecified atom stereocenters. The highest BCUT2D eigenvalue weighted by atomic mass is 15.1. The lowest BCUT2D eigenvalue weighted by atomic mass is 9.99. The summed E-state index contributed by atoms with van der Waals surface area (Å²) in [5.74, 6) is 1.74. The number of fused-ring (bicyclic) bond motifs is 1. The zero-order valence-electron chi connectivity index (χ0n) is 9.90. The number of aromatic nitrogens is 2. The van der Waals surface area contributed by atoms with Crippen molar-refractivity contribution in [1.29, 1.82) is 0 Å². The monoisotopic (exact) mass is 207 g/mol. The Morgan fingerprint density at radius 2 is 2.20 bits per heavy atom. The van der Waals surface area contributed by atoms with Crippen LogP contribution in [-0.4, -0.2) is 15.6 Å². The largest absolute Gasteiger partial charge is 0.330 e. The molecule has 0 saturated heterocycles. The summed E-state index contributed by atoms with van der Waals surface area (Å²) in [7, 11) is 0. The molecule has 15 heavy (non-hydrogen) atoms. The average Bonchev–Trinajstić information content (AvgIpc) is 2.60. The molecule has 0 saturated carbocycles. The lowest BCUT2D eigenvalue weighted by Crippen LogP contribution is -2.32. The minimum absolute atomic E-state index is 0.221. The van der Waals surface area contributed by atoms with Gasteiger partial charge in [0.15, 0.2) is 0 Å². The lowest BCUT2D eigenvalue weighted by molar-refractivity contribution is 0.350. The van der Waals surface area contributed by atoms with E-state index in [2.05, 4.69) is 31.5 Å². The van der Waals surface area contributed by atoms with Gasteiger partial charge in [-0.05, 0) is 25.7 Å². The van der Waals surface area contributed by atoms with Gasteiger partial charge in [0.05, 0.1) is 5.69 Å². The molecule has 3 nitrogen and oxygen atoms in total. The first-order chi connectivity index (χ1) is 7.09. The molecular formula is C12H21N3. The number of nitrogens with two attached hydrogens (primary N) is 1. The molecule has 0 bridgehead atoms. The van der Waals surface area contributed by atoms with Crippen molar-refractivity contribution in [1.82, 2.24) is 9.55 Å². The fraction of sp³-hybridized carbons (Fsp3) is 0.750. The van der Waals surface area contributed by atoms with Crippen LogP contribution in [0.3, 0.4) is 0 Å². The number of nitrogens with zero attached hydrogens (tertiary/aromatic N) is 2. The second kappa shape index (κ2) is 3.97. The molecule has 2 rings (SSSR count). The molecule has 1 aliphatic rings. The van der Waals surface area contributed by atoms with Crippen molar-refractivity contribution in [3.63, 3.8) is 0 Å². The molecule has 1 aromatic rings. The number of rotatable bonds is 2. The molecule has 0 amide bonds. The van der Waals surface area contributed by atoms with Gasteiger partial charge in [-0.3, -0.25) is 0 Å². The topological polar surface area (TPSA) is 43.8 Å². The van der Waals surface area contributed by atoms with Crippen molar-refractivity contribution < 1.29 is 0 Å². The molecule has 2 heterocycles. The van der Waals surface area contributed by atoms with E-state index in [0.29, 0.717) is 12.0 Å². The fourth-order valence-corrected chi connectivity index (χ4v) is 2.33. The molecule has 2 atom stereocenters. The third-order valence-electron chi connectivity index (χ3n) is 3.28. The molecule has 84 valence electrons. The standard InChI is InChI=1S/C12H21N3/c1-8(2)10-7-15-11(9(3)13)5-4-6-12(15)14-10/h7-9,11H,4-6,13H2,1-3H3. The van der Waals surface area contributed by atoms with E-state index in [9.17, 15) is 0 Å². The number of imidazole rings is 1. The zero-order valence-corrected chi connectivity index (χ0v) is 9.90. The second-order valence-electron chi connectivity index (χ2n) is 4.96. The quantitative estimate of drug-likeness (QED) is 0.808. The maximum absolute atomic E-state index is 6.02. The van der Waals surface area contributed by atoms with Crippen molar-refractivity contribution in [3.8, 4) is 0 Å². The van der Waals surface area contributed by atoms with Crippen LogP contribution >= 0.6 is 0 Å². The van der Waals surface area contributed by atoms with Gasteiger partial charge < -0.3 is 10.3 Å². The summed E-state index contributed by atoms with van der Waals surface area (Å²) in [5.41, 5.74) is 7.22. The Balaban J connectivity index is 2.34. The predicted octanol–water partition coefficient (Wildman–Crippen LogP) is 2.23. The smallest absolute Gasteiger partial charge is 0.109 e. The van der Waals surface area contributed by atoms with Crippen LogP contribution in [0.5, 0.6) is 0 Å². The summed E-state index contributed by atoms with van der Waals surface area (Å²) in [4.78, 5) is 4.69. The van der Waals surface area contributed by atoms with Gasteiger partial charge in [0, 0.05) is 24.7 Å². The van der Waals surface area contributed by atoms with E-state index in [1.165, 1.54) is 24.4 Å². The van der Waals surface area contributed by atoms with Gasteiger partial charge in [0.25, 0.3) is 0 Å². The van der Waals surface area contributed by atoms with Crippen molar-refractivity contribution in [2.24, 2.45) is 5.73 Å². The number of hydrogen-bond donors (Lipinski definition) is 1. The molecule has 1 aromatic heterocycles. The summed E-state index contributed by atoms with van der Waals surface area (Å²) < 4.78 is 2.31. The van der Waals surface area contributed by atoms with Gasteiger partial charge >= 0.3 is 0 Å². The second-order valence-corrected chi connectivity index (χ2v) is 4.96. The zero-order chi connectivity index (χ0) is 11.0. The Morgan fingerprint density at radius 1 is 1.47 bits per heavy atom. The van der Waals surface area contributed by atoms with Crippen LogP contribution < -0.4 is 5.73 Å². The van der Waals surface area contributed by atoms with Crippen molar-refractivity contribution in [3.05, 3.63) is 17.7 Å². The van der Waals surface area contributed by atoms with Gasteiger partial charge in [0.1, 0.15) is 5.82 Å². The van der Waals surface area contributed by atoms with E-state index in [4.69, 9.17) is 10.7 Å². The first-order valence-electron chi connectivity index (χ1n) is 5.93. The molecule has 2 N–H and O–H groups in total. The Kier molecular flexibility index (Phi) is 2.83. The van der Waals surface area contributed by atoms with Crippen molar-refractivity contribution in [2.75, 3.05) is 0 Å². The summed E-state index contributed by atoms with van der Waals surface area (Å²) in [6, 6.07) is 0.673. The van der Waals surface area contributed by atoms with E-state index in [1.807, 2.05) is 0 Å². The Hall–Kier alpha value is -0.830. The highest BCUT2D eigenvalue weighted by Gasteiger charge is 2.24. The third kappa shape index (κ3) is 1.93. The number of aryl methyl sites for hydroxylation is 1. The van der Waals surface area contributed by atoms with E-state index in [0.717, 1.165) is 6.42 Å². The molecular weight excluding hydrogens is 186 g/mol. The van der Waals surface area contributed by atoms with E-state index in [-0.39, 0.29) is 6.04 Å². The molecule has 0 aliphatic carbocycles. The van der Waals surface area contributed by atoms with E-state index < -0.39 is 0 Å². The summed E-state index contributed by atoms with van der Waals surface area (Å²) in [6.45, 7) is 6.47. The van der Waals surface area contributed by atoms with Crippen LogP contribution in [0.4, 0.5) is 0 Å². The van der Waals surface area contributed by atoms with Crippen LogP contribution in [0.15, 0.2) is 6.20 Å². The van der Waals surface area contributed by atoms with Gasteiger partial charge in [-0.2, -0.15) is 0 Å². The summed E-state index contributed by atoms with van der Waals surface area (Å²) in [5, 5.41) is 0. The Bertz CT molecular complexity index is 339. The van der Waals surface area contributed by atoms with Gasteiger partial charge in [-0.1, -0.05) is 13.8 Å².